The summed E-state index contributed by atoms with van der Waals surface area (Å²) in [6, 6.07) is 0. The molecule has 0 saturated heterocycles. The van der Waals surface area contributed by atoms with Gasteiger partial charge in [-0.2, -0.15) is 0 Å². The molecule has 3 heteroatoms. The van der Waals surface area contributed by atoms with Crippen molar-refractivity contribution in [1.82, 2.24) is 0 Å². The molecule has 0 radical (unpaired) electrons. The number of halogens is 1. The average molecular weight is 331 g/mol. The van der Waals surface area contributed by atoms with Gasteiger partial charge in [-0.3, -0.25) is 4.79 Å². The molecule has 0 aromatic carbocycles. The number of carbonyl (C=O) groups excluding carboxylic acids is 1. The maximum atomic E-state index is 11.8. The molecule has 2 aliphatic rings. The number of hydrogen-bond donors (Lipinski definition) is 0. The van der Waals surface area contributed by atoms with E-state index < -0.39 is 0 Å². The number of ether oxygens (including phenoxy) is 1. The lowest BCUT2D eigenvalue weighted by Gasteiger charge is -2.21. The van der Waals surface area contributed by atoms with E-state index in [1.165, 1.54) is 51.4 Å². The highest BCUT2D eigenvalue weighted by Crippen LogP contribution is 2.43. The van der Waals surface area contributed by atoms with E-state index in [0.717, 1.165) is 24.1 Å². The number of carbonyl (C=O) groups is 1. The average Bonchev–Trinajstić information content (AvgIpc) is 2.68. The molecule has 2 aliphatic carbocycles. The normalized spacial score (nSPS) is 29.4. The van der Waals surface area contributed by atoms with Gasteiger partial charge in [0.15, 0.2) is 0 Å². The minimum atomic E-state index is 0.0537. The van der Waals surface area contributed by atoms with Gasteiger partial charge in [0.25, 0.3) is 0 Å². The van der Waals surface area contributed by atoms with Gasteiger partial charge in [-0.25, -0.2) is 0 Å². The molecule has 0 aromatic heterocycles. The summed E-state index contributed by atoms with van der Waals surface area (Å²) in [4.78, 5) is 11.8. The van der Waals surface area contributed by atoms with Gasteiger partial charge in [0.05, 0.1) is 0 Å². The van der Waals surface area contributed by atoms with Crippen LogP contribution in [0.15, 0.2) is 0 Å². The molecule has 2 bridgehead atoms. The molecule has 2 fully saturated rings. The Bertz CT molecular complexity index is 280. The molecule has 110 valence electrons. The topological polar surface area (TPSA) is 26.3 Å². The summed E-state index contributed by atoms with van der Waals surface area (Å²) < 4.78 is 5.71. The minimum absolute atomic E-state index is 0.0537. The van der Waals surface area contributed by atoms with Crippen molar-refractivity contribution in [3.63, 3.8) is 0 Å². The highest BCUT2D eigenvalue weighted by molar-refractivity contribution is 9.09. The number of esters is 1. The molecular weight excluding hydrogens is 304 g/mol. The Morgan fingerprint density at radius 2 is 1.84 bits per heavy atom. The van der Waals surface area contributed by atoms with Crippen molar-refractivity contribution in [1.29, 1.82) is 0 Å². The number of alkyl halides is 1. The molecule has 0 amide bonds. The van der Waals surface area contributed by atoms with E-state index in [2.05, 4.69) is 15.9 Å². The zero-order valence-electron chi connectivity index (χ0n) is 11.9. The monoisotopic (exact) mass is 330 g/mol. The van der Waals surface area contributed by atoms with Crippen LogP contribution in [0.2, 0.25) is 0 Å². The van der Waals surface area contributed by atoms with Crippen LogP contribution in [0.1, 0.15) is 70.6 Å². The molecule has 2 rings (SSSR count). The lowest BCUT2D eigenvalue weighted by atomic mass is 9.89. The highest BCUT2D eigenvalue weighted by Gasteiger charge is 2.38. The lowest BCUT2D eigenvalue weighted by molar-refractivity contribution is -0.151. The summed E-state index contributed by atoms with van der Waals surface area (Å²) in [6.07, 6.45) is 13.2. The standard InChI is InChI=1S/C16H27BrO2/c17-10-5-3-1-2-4-9-16(18)19-15-12-13-7-6-8-14(15)11-13/h13-15H,1-12H2. The molecule has 2 nitrogen and oxygen atoms in total. The zero-order valence-corrected chi connectivity index (χ0v) is 13.5. The SMILES string of the molecule is O=C(CCCCCCCBr)OC1CC2CCCC1C2. The van der Waals surface area contributed by atoms with E-state index >= 15 is 0 Å². The Kier molecular flexibility index (Phi) is 6.69. The lowest BCUT2D eigenvalue weighted by Crippen LogP contribution is -2.21. The van der Waals surface area contributed by atoms with Crippen LogP contribution in [0.4, 0.5) is 0 Å². The Morgan fingerprint density at radius 3 is 2.63 bits per heavy atom. The smallest absolute Gasteiger partial charge is 0.306 e. The van der Waals surface area contributed by atoms with E-state index in [1.54, 1.807) is 0 Å². The molecule has 0 heterocycles. The summed E-state index contributed by atoms with van der Waals surface area (Å²) in [7, 11) is 0. The molecule has 3 atom stereocenters. The number of rotatable bonds is 8. The fourth-order valence-corrected chi connectivity index (χ4v) is 4.07. The van der Waals surface area contributed by atoms with Crippen molar-refractivity contribution < 1.29 is 9.53 Å². The van der Waals surface area contributed by atoms with Crippen molar-refractivity contribution in [3.8, 4) is 0 Å². The predicted molar refractivity (Wildman–Crippen MR) is 81.4 cm³/mol. The van der Waals surface area contributed by atoms with Crippen LogP contribution < -0.4 is 0 Å². The van der Waals surface area contributed by atoms with Crippen LogP contribution >= 0.6 is 15.9 Å². The fraction of sp³-hybridized carbons (Fsp3) is 0.938. The van der Waals surface area contributed by atoms with Gasteiger partial charge in [0, 0.05) is 11.8 Å². The van der Waals surface area contributed by atoms with Gasteiger partial charge in [-0.15, -0.1) is 0 Å². The molecule has 0 N–H and O–H groups in total. The Morgan fingerprint density at radius 1 is 1.05 bits per heavy atom. The van der Waals surface area contributed by atoms with Crippen molar-refractivity contribution >= 4 is 21.9 Å². The number of hydrogen-bond acceptors (Lipinski definition) is 2. The van der Waals surface area contributed by atoms with Gasteiger partial charge < -0.3 is 4.74 Å². The summed E-state index contributed by atoms with van der Waals surface area (Å²) in [6.45, 7) is 0. The summed E-state index contributed by atoms with van der Waals surface area (Å²) in [5.74, 6) is 1.58. The van der Waals surface area contributed by atoms with E-state index in [0.29, 0.717) is 12.3 Å². The van der Waals surface area contributed by atoms with Gasteiger partial charge >= 0.3 is 5.97 Å². The second kappa shape index (κ2) is 8.28. The van der Waals surface area contributed by atoms with E-state index in [-0.39, 0.29) is 12.1 Å². The summed E-state index contributed by atoms with van der Waals surface area (Å²) in [5.41, 5.74) is 0. The van der Waals surface area contributed by atoms with E-state index in [1.807, 2.05) is 0 Å². The quantitative estimate of drug-likeness (QED) is 0.361. The first-order valence-corrected chi connectivity index (χ1v) is 9.17. The highest BCUT2D eigenvalue weighted by atomic mass is 79.9. The molecule has 0 aromatic rings. The van der Waals surface area contributed by atoms with Gasteiger partial charge in [0.1, 0.15) is 6.10 Å². The first kappa shape index (κ1) is 15.3. The number of unbranched alkanes of at least 4 members (excludes halogenated alkanes) is 4. The largest absolute Gasteiger partial charge is 0.462 e. The summed E-state index contributed by atoms with van der Waals surface area (Å²) in [5, 5.41) is 1.10. The maximum absolute atomic E-state index is 11.8. The maximum Gasteiger partial charge on any atom is 0.306 e. The van der Waals surface area contributed by atoms with Crippen molar-refractivity contribution in [2.75, 3.05) is 5.33 Å². The van der Waals surface area contributed by atoms with E-state index in [9.17, 15) is 4.79 Å². The molecule has 19 heavy (non-hydrogen) atoms. The molecular formula is C16H27BrO2. The van der Waals surface area contributed by atoms with Crippen molar-refractivity contribution in [2.45, 2.75) is 76.7 Å². The Hall–Kier alpha value is -0.0500. The van der Waals surface area contributed by atoms with Crippen molar-refractivity contribution in [3.05, 3.63) is 0 Å². The number of fused-ring (bicyclic) bond motifs is 2. The second-order valence-corrected chi connectivity index (χ2v) is 7.06. The van der Waals surface area contributed by atoms with Crippen LogP contribution in [-0.2, 0) is 9.53 Å². The minimum Gasteiger partial charge on any atom is -0.462 e. The predicted octanol–water partition coefficient (Wildman–Crippen LogP) is 4.84. The Labute approximate surface area is 125 Å². The first-order chi connectivity index (χ1) is 9.29. The van der Waals surface area contributed by atoms with Crippen LogP contribution in [0.5, 0.6) is 0 Å². The van der Waals surface area contributed by atoms with Gasteiger partial charge in [-0.05, 0) is 43.9 Å². The zero-order chi connectivity index (χ0) is 13.5. The third-order valence-electron chi connectivity index (χ3n) is 4.71. The molecule has 3 unspecified atom stereocenters. The van der Waals surface area contributed by atoms with E-state index in [4.69, 9.17) is 4.74 Å². The molecule has 0 aliphatic heterocycles. The van der Waals surface area contributed by atoms with Crippen molar-refractivity contribution in [2.24, 2.45) is 11.8 Å². The van der Waals surface area contributed by atoms with Crippen LogP contribution in [-0.4, -0.2) is 17.4 Å². The Balaban J connectivity index is 1.54. The molecule has 2 saturated carbocycles. The third-order valence-corrected chi connectivity index (χ3v) is 5.27. The second-order valence-electron chi connectivity index (χ2n) is 6.26. The summed E-state index contributed by atoms with van der Waals surface area (Å²) >= 11 is 3.44. The van der Waals surface area contributed by atoms with Gasteiger partial charge in [-0.1, -0.05) is 48.0 Å². The molecule has 0 spiro atoms. The van der Waals surface area contributed by atoms with Crippen LogP contribution in [0.3, 0.4) is 0 Å². The van der Waals surface area contributed by atoms with Crippen LogP contribution in [0, 0.1) is 11.8 Å². The fourth-order valence-electron chi connectivity index (χ4n) is 3.67. The van der Waals surface area contributed by atoms with Gasteiger partial charge in [0.2, 0.25) is 0 Å². The van der Waals surface area contributed by atoms with Crippen LogP contribution in [0.25, 0.3) is 0 Å². The third kappa shape index (κ3) is 5.09. The first-order valence-electron chi connectivity index (χ1n) is 8.05.